The zero-order valence-electron chi connectivity index (χ0n) is 19.2. The van der Waals surface area contributed by atoms with E-state index in [0.29, 0.717) is 12.2 Å². The van der Waals surface area contributed by atoms with E-state index in [1.54, 1.807) is 0 Å². The van der Waals surface area contributed by atoms with Crippen molar-refractivity contribution in [2.24, 2.45) is 5.92 Å². The summed E-state index contributed by atoms with van der Waals surface area (Å²) in [5.41, 5.74) is 3.56. The maximum absolute atomic E-state index is 13.0. The number of aromatic nitrogens is 2. The molecule has 3 amide bonds. The van der Waals surface area contributed by atoms with Gasteiger partial charge in [-0.1, -0.05) is 56.3 Å². The Morgan fingerprint density at radius 3 is 2.64 bits per heavy atom. The smallest absolute Gasteiger partial charge is 0.315 e. The highest BCUT2D eigenvalue weighted by molar-refractivity contribution is 5.97. The van der Waals surface area contributed by atoms with Crippen LogP contribution in [0.2, 0.25) is 0 Å². The van der Waals surface area contributed by atoms with Gasteiger partial charge in [0.15, 0.2) is 0 Å². The second-order valence-electron chi connectivity index (χ2n) is 8.80. The Bertz CT molecular complexity index is 1080. The number of hydrogen-bond donors (Lipinski definition) is 3. The number of nitrogens with zero attached hydrogens (tertiary/aromatic N) is 2. The van der Waals surface area contributed by atoms with Crippen LogP contribution in [0.3, 0.4) is 0 Å². The standard InChI is InChI=1S/C26H31N5O2/c1-18(2)24(30-26(33)27-16-19-9-4-3-5-10-19)25(32)28-21-12-8-11-20(15-21)22-17-31-14-7-6-13-23(31)29-22/h3-5,8-12,15,17-18,24H,6-7,13-14,16H2,1-2H3,(H,28,32)(H2,27,30,33). The van der Waals surface area contributed by atoms with E-state index in [0.717, 1.165) is 35.6 Å². The van der Waals surface area contributed by atoms with Crippen molar-refractivity contribution in [3.8, 4) is 11.3 Å². The number of nitrogens with one attached hydrogen (secondary N) is 3. The molecule has 0 aliphatic carbocycles. The third-order valence-electron chi connectivity index (χ3n) is 5.87. The molecule has 3 aromatic rings. The first-order valence-electron chi connectivity index (χ1n) is 11.6. The van der Waals surface area contributed by atoms with Crippen LogP contribution in [0.15, 0.2) is 60.8 Å². The van der Waals surface area contributed by atoms with E-state index in [2.05, 4.69) is 26.7 Å². The Kier molecular flexibility index (Phi) is 7.07. The van der Waals surface area contributed by atoms with Crippen molar-refractivity contribution in [2.45, 2.75) is 52.2 Å². The van der Waals surface area contributed by atoms with Gasteiger partial charge in [0.05, 0.1) is 5.69 Å². The predicted octanol–water partition coefficient (Wildman–Crippen LogP) is 4.35. The fraction of sp³-hybridized carbons (Fsp3) is 0.346. The zero-order valence-corrected chi connectivity index (χ0v) is 19.2. The largest absolute Gasteiger partial charge is 0.334 e. The number of amides is 3. The molecule has 33 heavy (non-hydrogen) atoms. The minimum Gasteiger partial charge on any atom is -0.334 e. The average Bonchev–Trinajstić information content (AvgIpc) is 3.26. The summed E-state index contributed by atoms with van der Waals surface area (Å²) >= 11 is 0. The summed E-state index contributed by atoms with van der Waals surface area (Å²) in [5.74, 6) is 0.799. The molecule has 7 nitrogen and oxygen atoms in total. The Balaban J connectivity index is 1.39. The Hall–Kier alpha value is -3.61. The summed E-state index contributed by atoms with van der Waals surface area (Å²) in [6.45, 7) is 5.23. The summed E-state index contributed by atoms with van der Waals surface area (Å²) in [6, 6.07) is 16.3. The summed E-state index contributed by atoms with van der Waals surface area (Å²) in [7, 11) is 0. The van der Waals surface area contributed by atoms with E-state index in [1.807, 2.05) is 68.4 Å². The topological polar surface area (TPSA) is 88.0 Å². The number of fused-ring (bicyclic) bond motifs is 1. The highest BCUT2D eigenvalue weighted by Gasteiger charge is 2.24. The van der Waals surface area contributed by atoms with E-state index in [-0.39, 0.29) is 17.9 Å². The Morgan fingerprint density at radius 1 is 1.06 bits per heavy atom. The van der Waals surface area contributed by atoms with Crippen LogP contribution in [0, 0.1) is 5.92 Å². The number of aryl methyl sites for hydroxylation is 2. The maximum Gasteiger partial charge on any atom is 0.315 e. The molecule has 0 saturated heterocycles. The molecule has 1 atom stereocenters. The van der Waals surface area contributed by atoms with Gasteiger partial charge in [-0.25, -0.2) is 9.78 Å². The van der Waals surface area contributed by atoms with E-state index < -0.39 is 6.04 Å². The molecule has 0 saturated carbocycles. The van der Waals surface area contributed by atoms with Gasteiger partial charge in [0.25, 0.3) is 0 Å². The van der Waals surface area contributed by atoms with Crippen molar-refractivity contribution < 1.29 is 9.59 Å². The molecule has 7 heteroatoms. The lowest BCUT2D eigenvalue weighted by Gasteiger charge is -2.22. The van der Waals surface area contributed by atoms with Crippen LogP contribution in [-0.2, 0) is 24.3 Å². The van der Waals surface area contributed by atoms with Crippen molar-refractivity contribution in [3.63, 3.8) is 0 Å². The number of rotatable bonds is 7. The molecule has 1 aliphatic heterocycles. The molecule has 3 N–H and O–H groups in total. The van der Waals surface area contributed by atoms with Gasteiger partial charge >= 0.3 is 6.03 Å². The van der Waals surface area contributed by atoms with Gasteiger partial charge < -0.3 is 20.5 Å². The quantitative estimate of drug-likeness (QED) is 0.505. The van der Waals surface area contributed by atoms with Crippen LogP contribution in [0.5, 0.6) is 0 Å². The molecule has 0 spiro atoms. The number of carbonyl (C=O) groups excluding carboxylic acids is 2. The van der Waals surface area contributed by atoms with Gasteiger partial charge in [-0.2, -0.15) is 0 Å². The lowest BCUT2D eigenvalue weighted by atomic mass is 10.0. The minimum absolute atomic E-state index is 0.0736. The molecule has 4 rings (SSSR count). The Labute approximate surface area is 194 Å². The van der Waals surface area contributed by atoms with Crippen molar-refractivity contribution >= 4 is 17.6 Å². The number of hydrogen-bond acceptors (Lipinski definition) is 3. The van der Waals surface area contributed by atoms with Crippen molar-refractivity contribution in [1.82, 2.24) is 20.2 Å². The highest BCUT2D eigenvalue weighted by Crippen LogP contribution is 2.25. The van der Waals surface area contributed by atoms with Crippen LogP contribution in [0.1, 0.15) is 38.1 Å². The second kappa shape index (κ2) is 10.3. The van der Waals surface area contributed by atoms with Gasteiger partial charge in [0, 0.05) is 37.0 Å². The molecule has 1 unspecified atom stereocenters. The van der Waals surface area contributed by atoms with Gasteiger partial charge in [0.2, 0.25) is 5.91 Å². The van der Waals surface area contributed by atoms with Crippen LogP contribution in [0.4, 0.5) is 10.5 Å². The molecule has 2 heterocycles. The molecule has 0 radical (unpaired) electrons. The molecule has 1 aromatic heterocycles. The minimum atomic E-state index is -0.663. The summed E-state index contributed by atoms with van der Waals surface area (Å²) in [4.78, 5) is 30.2. The molecule has 0 fully saturated rings. The van der Waals surface area contributed by atoms with Crippen LogP contribution in [-0.4, -0.2) is 27.5 Å². The normalized spacial score (nSPS) is 13.8. The van der Waals surface area contributed by atoms with Gasteiger partial charge in [-0.15, -0.1) is 0 Å². The van der Waals surface area contributed by atoms with E-state index in [4.69, 9.17) is 4.98 Å². The number of urea groups is 1. The lowest BCUT2D eigenvalue weighted by Crippen LogP contribution is -2.50. The zero-order chi connectivity index (χ0) is 23.2. The fourth-order valence-electron chi connectivity index (χ4n) is 4.03. The fourth-order valence-corrected chi connectivity index (χ4v) is 4.03. The third kappa shape index (κ3) is 5.80. The summed E-state index contributed by atoms with van der Waals surface area (Å²) in [5, 5.41) is 8.58. The van der Waals surface area contributed by atoms with Gasteiger partial charge in [-0.05, 0) is 36.5 Å². The first-order valence-corrected chi connectivity index (χ1v) is 11.6. The van der Waals surface area contributed by atoms with E-state index in [1.165, 1.54) is 12.8 Å². The second-order valence-corrected chi connectivity index (χ2v) is 8.80. The van der Waals surface area contributed by atoms with Gasteiger partial charge in [0.1, 0.15) is 11.9 Å². The monoisotopic (exact) mass is 445 g/mol. The maximum atomic E-state index is 13.0. The lowest BCUT2D eigenvalue weighted by molar-refractivity contribution is -0.118. The molecule has 1 aliphatic rings. The molecule has 0 bridgehead atoms. The van der Waals surface area contributed by atoms with E-state index >= 15 is 0 Å². The van der Waals surface area contributed by atoms with Gasteiger partial charge in [-0.3, -0.25) is 4.79 Å². The number of imidazole rings is 1. The third-order valence-corrected chi connectivity index (χ3v) is 5.87. The first kappa shape index (κ1) is 22.6. The Morgan fingerprint density at radius 2 is 1.88 bits per heavy atom. The number of anilines is 1. The van der Waals surface area contributed by atoms with E-state index in [9.17, 15) is 9.59 Å². The number of carbonyl (C=O) groups is 2. The van der Waals surface area contributed by atoms with Crippen LogP contribution in [0.25, 0.3) is 11.3 Å². The van der Waals surface area contributed by atoms with Crippen LogP contribution >= 0.6 is 0 Å². The summed E-state index contributed by atoms with van der Waals surface area (Å²) in [6.07, 6.45) is 5.45. The van der Waals surface area contributed by atoms with Crippen molar-refractivity contribution in [3.05, 3.63) is 72.2 Å². The molecular weight excluding hydrogens is 414 g/mol. The van der Waals surface area contributed by atoms with Crippen molar-refractivity contribution in [1.29, 1.82) is 0 Å². The average molecular weight is 446 g/mol. The molecular formula is C26H31N5O2. The highest BCUT2D eigenvalue weighted by atomic mass is 16.2. The number of benzene rings is 2. The predicted molar refractivity (Wildman–Crippen MR) is 130 cm³/mol. The molecule has 2 aromatic carbocycles. The summed E-state index contributed by atoms with van der Waals surface area (Å²) < 4.78 is 2.22. The molecule has 172 valence electrons. The van der Waals surface area contributed by atoms with Crippen molar-refractivity contribution in [2.75, 3.05) is 5.32 Å². The SMILES string of the molecule is CC(C)C(NC(=O)NCc1ccccc1)C(=O)Nc1cccc(-c2cn3c(n2)CCCC3)c1. The first-order chi connectivity index (χ1) is 16.0. The van der Waals surface area contributed by atoms with Crippen LogP contribution < -0.4 is 16.0 Å².